The van der Waals surface area contributed by atoms with E-state index < -0.39 is 0 Å². The van der Waals surface area contributed by atoms with Gasteiger partial charge in [0.25, 0.3) is 0 Å². The van der Waals surface area contributed by atoms with E-state index in [1.165, 1.54) is 0 Å². The van der Waals surface area contributed by atoms with Gasteiger partial charge in [-0.1, -0.05) is 12.2 Å². The zero-order valence-electron chi connectivity index (χ0n) is 10.7. The summed E-state index contributed by atoms with van der Waals surface area (Å²) in [5, 5.41) is 0. The number of rotatable bonds is 4. The molecule has 4 nitrogen and oxygen atoms in total. The van der Waals surface area contributed by atoms with E-state index in [1.54, 1.807) is 21.3 Å². The van der Waals surface area contributed by atoms with E-state index in [2.05, 4.69) is 0 Å². The van der Waals surface area contributed by atoms with Crippen molar-refractivity contribution in [2.75, 3.05) is 21.3 Å². The Balaban J connectivity index is 2.60. The average molecular weight is 248 g/mol. The van der Waals surface area contributed by atoms with Crippen LogP contribution in [-0.4, -0.2) is 27.6 Å². The number of benzene rings is 1. The summed E-state index contributed by atoms with van der Waals surface area (Å²) in [4.78, 5) is 10.9. The first-order valence-corrected chi connectivity index (χ1v) is 5.70. The second-order valence-electron chi connectivity index (χ2n) is 4.08. The van der Waals surface area contributed by atoms with Crippen LogP contribution in [0.15, 0.2) is 12.1 Å². The first kappa shape index (κ1) is 12.5. The van der Waals surface area contributed by atoms with Crippen molar-refractivity contribution in [1.82, 2.24) is 0 Å². The van der Waals surface area contributed by atoms with E-state index in [0.717, 1.165) is 17.4 Å². The number of fused-ring (bicyclic) bond motifs is 1. The fourth-order valence-electron chi connectivity index (χ4n) is 2.22. The lowest BCUT2D eigenvalue weighted by Gasteiger charge is -2.21. The van der Waals surface area contributed by atoms with Crippen molar-refractivity contribution in [2.45, 2.75) is 6.42 Å². The lowest BCUT2D eigenvalue weighted by atomic mass is 9.89. The molecule has 96 valence electrons. The van der Waals surface area contributed by atoms with Gasteiger partial charge in [0.2, 0.25) is 5.75 Å². The van der Waals surface area contributed by atoms with Crippen LogP contribution in [-0.2, 0) is 11.2 Å². The lowest BCUT2D eigenvalue weighted by molar-refractivity contribution is -0.109. The molecule has 1 unspecified atom stereocenters. The molecule has 1 aliphatic rings. The fourth-order valence-corrected chi connectivity index (χ4v) is 2.22. The Morgan fingerprint density at radius 3 is 2.44 bits per heavy atom. The van der Waals surface area contributed by atoms with Crippen molar-refractivity contribution in [3.8, 4) is 17.2 Å². The smallest absolute Gasteiger partial charge is 0.203 e. The normalized spacial score (nSPS) is 16.9. The number of carbonyl (C=O) groups is 1. The summed E-state index contributed by atoms with van der Waals surface area (Å²) in [6, 6.07) is 1.90. The molecule has 2 rings (SSSR count). The van der Waals surface area contributed by atoms with Crippen LogP contribution in [0.1, 0.15) is 11.1 Å². The fraction of sp³-hybridized carbons (Fsp3) is 0.357. The van der Waals surface area contributed by atoms with Gasteiger partial charge in [0, 0.05) is 11.5 Å². The molecule has 0 spiro atoms. The summed E-state index contributed by atoms with van der Waals surface area (Å²) in [5.74, 6) is 1.76. The highest BCUT2D eigenvalue weighted by molar-refractivity contribution is 5.74. The van der Waals surface area contributed by atoms with Gasteiger partial charge in [-0.25, -0.2) is 0 Å². The van der Waals surface area contributed by atoms with E-state index in [0.29, 0.717) is 23.7 Å². The maximum absolute atomic E-state index is 10.9. The Morgan fingerprint density at radius 1 is 1.17 bits per heavy atom. The van der Waals surface area contributed by atoms with Gasteiger partial charge in [-0.3, -0.25) is 0 Å². The Bertz CT molecular complexity index is 491. The number of carbonyl (C=O) groups excluding carboxylic acids is 1. The predicted molar refractivity (Wildman–Crippen MR) is 68.4 cm³/mol. The maximum Gasteiger partial charge on any atom is 0.203 e. The molecule has 18 heavy (non-hydrogen) atoms. The summed E-state index contributed by atoms with van der Waals surface area (Å²) in [5.41, 5.74) is 1.98. The molecule has 0 bridgehead atoms. The number of methoxy groups -OCH3 is 3. The SMILES string of the molecule is COc1cc2c(c(OC)c1OC)C=CC(C=O)C2. The standard InChI is InChI=1S/C14H16O4/c1-16-12-7-10-6-9(8-15)4-5-11(10)13(17-2)14(12)18-3/h4-5,7-9H,6H2,1-3H3. The zero-order valence-corrected chi connectivity index (χ0v) is 10.7. The molecule has 0 amide bonds. The number of ether oxygens (including phenoxy) is 3. The largest absolute Gasteiger partial charge is 0.493 e. The van der Waals surface area contributed by atoms with E-state index >= 15 is 0 Å². The zero-order chi connectivity index (χ0) is 13.1. The van der Waals surface area contributed by atoms with E-state index in [4.69, 9.17) is 14.2 Å². The third kappa shape index (κ3) is 1.94. The molecule has 1 aromatic rings. The third-order valence-corrected chi connectivity index (χ3v) is 3.09. The minimum atomic E-state index is -0.0830. The Hall–Kier alpha value is -1.97. The average Bonchev–Trinajstić information content (AvgIpc) is 2.44. The van der Waals surface area contributed by atoms with Gasteiger partial charge in [0.15, 0.2) is 11.5 Å². The first-order chi connectivity index (χ1) is 8.74. The maximum atomic E-state index is 10.9. The summed E-state index contributed by atoms with van der Waals surface area (Å²) >= 11 is 0. The van der Waals surface area contributed by atoms with Crippen molar-refractivity contribution >= 4 is 12.4 Å². The molecule has 0 aliphatic heterocycles. The van der Waals surface area contributed by atoms with Crippen molar-refractivity contribution in [2.24, 2.45) is 5.92 Å². The van der Waals surface area contributed by atoms with E-state index in [1.807, 2.05) is 18.2 Å². The van der Waals surface area contributed by atoms with Gasteiger partial charge < -0.3 is 19.0 Å². The monoisotopic (exact) mass is 248 g/mol. The predicted octanol–water partition coefficient (Wildman–Crippen LogP) is 2.10. The van der Waals surface area contributed by atoms with Crippen LogP contribution >= 0.6 is 0 Å². The molecule has 0 heterocycles. The van der Waals surface area contributed by atoms with Crippen LogP contribution in [0.5, 0.6) is 17.2 Å². The molecular formula is C14H16O4. The molecule has 0 radical (unpaired) electrons. The van der Waals surface area contributed by atoms with Gasteiger partial charge >= 0.3 is 0 Å². The highest BCUT2D eigenvalue weighted by atomic mass is 16.5. The third-order valence-electron chi connectivity index (χ3n) is 3.09. The number of hydrogen-bond acceptors (Lipinski definition) is 4. The Labute approximate surface area is 106 Å². The lowest BCUT2D eigenvalue weighted by Crippen LogP contribution is -2.10. The van der Waals surface area contributed by atoms with Gasteiger partial charge in [0.05, 0.1) is 21.3 Å². The van der Waals surface area contributed by atoms with Gasteiger partial charge in [-0.15, -0.1) is 0 Å². The quantitative estimate of drug-likeness (QED) is 0.765. The van der Waals surface area contributed by atoms with Crippen LogP contribution in [0.3, 0.4) is 0 Å². The Kier molecular flexibility index (Phi) is 3.55. The minimum absolute atomic E-state index is 0.0830. The molecule has 0 aromatic heterocycles. The second kappa shape index (κ2) is 5.12. The molecule has 4 heteroatoms. The van der Waals surface area contributed by atoms with Gasteiger partial charge in [0.1, 0.15) is 6.29 Å². The highest BCUT2D eigenvalue weighted by Crippen LogP contribution is 2.44. The molecular weight excluding hydrogens is 232 g/mol. The van der Waals surface area contributed by atoms with Crippen LogP contribution in [0.2, 0.25) is 0 Å². The molecule has 1 aromatic carbocycles. The molecule has 0 saturated heterocycles. The van der Waals surface area contributed by atoms with Crippen molar-refractivity contribution in [3.05, 3.63) is 23.3 Å². The van der Waals surface area contributed by atoms with Gasteiger partial charge in [-0.05, 0) is 18.1 Å². The van der Waals surface area contributed by atoms with Crippen LogP contribution in [0, 0.1) is 5.92 Å². The molecule has 0 saturated carbocycles. The van der Waals surface area contributed by atoms with Crippen molar-refractivity contribution in [3.63, 3.8) is 0 Å². The van der Waals surface area contributed by atoms with E-state index in [9.17, 15) is 4.79 Å². The van der Waals surface area contributed by atoms with Crippen molar-refractivity contribution < 1.29 is 19.0 Å². The molecule has 0 N–H and O–H groups in total. The molecule has 0 fully saturated rings. The molecule has 1 aliphatic carbocycles. The summed E-state index contributed by atoms with van der Waals surface area (Å²) < 4.78 is 16.0. The summed E-state index contributed by atoms with van der Waals surface area (Å²) in [7, 11) is 4.75. The summed E-state index contributed by atoms with van der Waals surface area (Å²) in [6.45, 7) is 0. The van der Waals surface area contributed by atoms with Gasteiger partial charge in [-0.2, -0.15) is 0 Å². The topological polar surface area (TPSA) is 44.8 Å². The Morgan fingerprint density at radius 2 is 1.89 bits per heavy atom. The van der Waals surface area contributed by atoms with Crippen LogP contribution in [0.4, 0.5) is 0 Å². The number of aldehydes is 1. The number of allylic oxidation sites excluding steroid dienone is 1. The van der Waals surface area contributed by atoms with E-state index in [-0.39, 0.29) is 5.92 Å². The van der Waals surface area contributed by atoms with Crippen LogP contribution in [0.25, 0.3) is 6.08 Å². The first-order valence-electron chi connectivity index (χ1n) is 5.70. The number of hydrogen-bond donors (Lipinski definition) is 0. The molecule has 1 atom stereocenters. The highest BCUT2D eigenvalue weighted by Gasteiger charge is 2.23. The van der Waals surface area contributed by atoms with Crippen molar-refractivity contribution in [1.29, 1.82) is 0 Å². The van der Waals surface area contributed by atoms with Crippen LogP contribution < -0.4 is 14.2 Å². The summed E-state index contributed by atoms with van der Waals surface area (Å²) in [6.07, 6.45) is 5.39. The minimum Gasteiger partial charge on any atom is -0.493 e. The second-order valence-corrected chi connectivity index (χ2v) is 4.08.